The predicted molar refractivity (Wildman–Crippen MR) is 101 cm³/mol. The van der Waals surface area contributed by atoms with Crippen molar-refractivity contribution in [2.75, 3.05) is 7.11 Å². The van der Waals surface area contributed by atoms with Gasteiger partial charge < -0.3 is 10.1 Å². The lowest BCUT2D eigenvalue weighted by molar-refractivity contribution is -0.145. The number of ether oxygens (including phenoxy) is 1. The second kappa shape index (κ2) is 8.80. The number of para-hydroxylation sites is 1. The standard InChI is InChI=1S/C21H21N3O3/c1-27-21(26)19(12-16-8-4-2-5-9-16)23-20(25)13-17-14-22-24(15-17)18-10-6-3-7-11-18/h2-11,14-15,19H,12-13H2,1H3,(H,23,25)/t19-/m0/s1. The Bertz CT molecular complexity index is 891. The van der Waals surface area contributed by atoms with Crippen LogP contribution in [-0.2, 0) is 27.2 Å². The molecular formula is C21H21N3O3. The maximum absolute atomic E-state index is 12.4. The van der Waals surface area contributed by atoms with Gasteiger partial charge in [-0.2, -0.15) is 5.10 Å². The van der Waals surface area contributed by atoms with Crippen LogP contribution in [0, 0.1) is 0 Å². The summed E-state index contributed by atoms with van der Waals surface area (Å²) < 4.78 is 6.54. The van der Waals surface area contributed by atoms with E-state index >= 15 is 0 Å². The minimum atomic E-state index is -0.728. The first kappa shape index (κ1) is 18.4. The van der Waals surface area contributed by atoms with E-state index in [-0.39, 0.29) is 12.3 Å². The molecule has 0 saturated heterocycles. The molecular weight excluding hydrogens is 342 g/mol. The molecule has 1 aromatic heterocycles. The van der Waals surface area contributed by atoms with E-state index in [1.165, 1.54) is 7.11 Å². The molecule has 2 aromatic carbocycles. The molecule has 1 atom stereocenters. The van der Waals surface area contributed by atoms with Gasteiger partial charge in [-0.15, -0.1) is 0 Å². The van der Waals surface area contributed by atoms with Crippen LogP contribution in [0.5, 0.6) is 0 Å². The molecule has 3 rings (SSSR count). The zero-order valence-corrected chi connectivity index (χ0v) is 15.0. The summed E-state index contributed by atoms with van der Waals surface area (Å²) in [5.74, 6) is -0.721. The van der Waals surface area contributed by atoms with Crippen molar-refractivity contribution in [1.82, 2.24) is 15.1 Å². The van der Waals surface area contributed by atoms with E-state index in [4.69, 9.17) is 4.74 Å². The molecule has 138 valence electrons. The normalized spacial score (nSPS) is 11.6. The molecule has 0 aliphatic heterocycles. The number of aromatic nitrogens is 2. The molecule has 0 radical (unpaired) electrons. The number of amides is 1. The van der Waals surface area contributed by atoms with E-state index in [0.717, 1.165) is 16.8 Å². The number of methoxy groups -OCH3 is 1. The van der Waals surface area contributed by atoms with Crippen LogP contribution in [0.25, 0.3) is 5.69 Å². The molecule has 6 nitrogen and oxygen atoms in total. The molecule has 3 aromatic rings. The summed E-state index contributed by atoms with van der Waals surface area (Å²) in [7, 11) is 1.32. The number of carbonyl (C=O) groups is 2. The Morgan fingerprint density at radius 1 is 1.04 bits per heavy atom. The molecule has 1 heterocycles. The Balaban J connectivity index is 1.64. The lowest BCUT2D eigenvalue weighted by Crippen LogP contribution is -2.43. The number of hydrogen-bond acceptors (Lipinski definition) is 4. The van der Waals surface area contributed by atoms with Crippen LogP contribution in [0.2, 0.25) is 0 Å². The minimum absolute atomic E-state index is 0.134. The molecule has 0 fully saturated rings. The highest BCUT2D eigenvalue weighted by Gasteiger charge is 2.22. The zero-order valence-electron chi connectivity index (χ0n) is 15.0. The molecule has 0 aliphatic rings. The van der Waals surface area contributed by atoms with Crippen molar-refractivity contribution in [2.24, 2.45) is 0 Å². The van der Waals surface area contributed by atoms with Gasteiger partial charge >= 0.3 is 5.97 Å². The maximum atomic E-state index is 12.4. The second-order valence-electron chi connectivity index (χ2n) is 6.14. The summed E-state index contributed by atoms with van der Waals surface area (Å²) in [4.78, 5) is 24.5. The highest BCUT2D eigenvalue weighted by molar-refractivity contribution is 5.85. The van der Waals surface area contributed by atoms with Gasteiger partial charge in [-0.05, 0) is 23.3 Å². The van der Waals surface area contributed by atoms with Gasteiger partial charge in [-0.25, -0.2) is 9.48 Å². The Labute approximate surface area is 157 Å². The van der Waals surface area contributed by atoms with E-state index in [9.17, 15) is 9.59 Å². The molecule has 27 heavy (non-hydrogen) atoms. The topological polar surface area (TPSA) is 73.2 Å². The van der Waals surface area contributed by atoms with Crippen molar-refractivity contribution < 1.29 is 14.3 Å². The van der Waals surface area contributed by atoms with Gasteiger partial charge in [0.05, 0.1) is 25.4 Å². The zero-order chi connectivity index (χ0) is 19.1. The quantitative estimate of drug-likeness (QED) is 0.654. The van der Waals surface area contributed by atoms with Gasteiger partial charge in [0.25, 0.3) is 0 Å². The Morgan fingerprint density at radius 3 is 2.37 bits per heavy atom. The van der Waals surface area contributed by atoms with Crippen molar-refractivity contribution in [3.05, 3.63) is 84.2 Å². The first-order valence-electron chi connectivity index (χ1n) is 8.66. The number of benzene rings is 2. The Kier molecular flexibility index (Phi) is 5.99. The second-order valence-corrected chi connectivity index (χ2v) is 6.14. The molecule has 1 N–H and O–H groups in total. The molecule has 0 aliphatic carbocycles. The SMILES string of the molecule is COC(=O)[C@H](Cc1ccccc1)NC(=O)Cc1cnn(-c2ccccc2)c1. The van der Waals surface area contributed by atoms with Gasteiger partial charge in [0.2, 0.25) is 5.91 Å². The molecule has 0 unspecified atom stereocenters. The molecule has 1 amide bonds. The maximum Gasteiger partial charge on any atom is 0.328 e. The van der Waals surface area contributed by atoms with Crippen molar-refractivity contribution in [1.29, 1.82) is 0 Å². The summed E-state index contributed by atoms with van der Waals surface area (Å²) in [6.45, 7) is 0. The predicted octanol–water partition coefficient (Wildman–Crippen LogP) is 2.32. The first-order chi connectivity index (χ1) is 13.2. The highest BCUT2D eigenvalue weighted by Crippen LogP contribution is 2.09. The van der Waals surface area contributed by atoms with Gasteiger partial charge in [0.15, 0.2) is 0 Å². The average Bonchev–Trinajstić information content (AvgIpc) is 3.16. The van der Waals surface area contributed by atoms with Crippen LogP contribution in [0.4, 0.5) is 0 Å². The van der Waals surface area contributed by atoms with Crippen molar-refractivity contribution in [3.63, 3.8) is 0 Å². The third-order valence-electron chi connectivity index (χ3n) is 4.13. The monoisotopic (exact) mass is 363 g/mol. The van der Waals surface area contributed by atoms with Gasteiger partial charge in [-0.3, -0.25) is 4.79 Å². The third kappa shape index (κ3) is 5.04. The number of carbonyl (C=O) groups excluding carboxylic acids is 2. The van der Waals surface area contributed by atoms with Crippen LogP contribution in [-0.4, -0.2) is 34.8 Å². The van der Waals surface area contributed by atoms with Crippen molar-refractivity contribution >= 4 is 11.9 Å². The van der Waals surface area contributed by atoms with Gasteiger partial charge in [-0.1, -0.05) is 48.5 Å². The van der Waals surface area contributed by atoms with Crippen LogP contribution in [0.15, 0.2) is 73.1 Å². The van der Waals surface area contributed by atoms with Gasteiger partial charge in [0.1, 0.15) is 6.04 Å². The van der Waals surface area contributed by atoms with E-state index < -0.39 is 12.0 Å². The lowest BCUT2D eigenvalue weighted by atomic mass is 10.1. The molecule has 6 heteroatoms. The van der Waals surface area contributed by atoms with E-state index in [1.54, 1.807) is 17.1 Å². The minimum Gasteiger partial charge on any atom is -0.467 e. The summed E-state index contributed by atoms with van der Waals surface area (Å²) in [6.07, 6.45) is 3.97. The van der Waals surface area contributed by atoms with Crippen LogP contribution < -0.4 is 5.32 Å². The van der Waals surface area contributed by atoms with Gasteiger partial charge in [0, 0.05) is 12.6 Å². The molecule has 0 saturated carbocycles. The summed E-state index contributed by atoms with van der Waals surface area (Å²) in [5.41, 5.74) is 2.63. The average molecular weight is 363 g/mol. The summed E-state index contributed by atoms with van der Waals surface area (Å²) in [5, 5.41) is 7.05. The molecule has 0 spiro atoms. The largest absolute Gasteiger partial charge is 0.467 e. The Morgan fingerprint density at radius 2 is 1.70 bits per heavy atom. The van der Waals surface area contributed by atoms with Crippen molar-refractivity contribution in [3.8, 4) is 5.69 Å². The van der Waals surface area contributed by atoms with Crippen LogP contribution in [0.3, 0.4) is 0 Å². The summed E-state index contributed by atoms with van der Waals surface area (Å²) >= 11 is 0. The highest BCUT2D eigenvalue weighted by atomic mass is 16.5. The number of hydrogen-bond donors (Lipinski definition) is 1. The van der Waals surface area contributed by atoms with Crippen molar-refractivity contribution in [2.45, 2.75) is 18.9 Å². The van der Waals surface area contributed by atoms with E-state index in [1.807, 2.05) is 60.7 Å². The number of esters is 1. The Hall–Kier alpha value is -3.41. The van der Waals surface area contributed by atoms with E-state index in [0.29, 0.717) is 6.42 Å². The fraction of sp³-hybridized carbons (Fsp3) is 0.190. The number of rotatable bonds is 7. The fourth-order valence-electron chi connectivity index (χ4n) is 2.79. The number of nitrogens with zero attached hydrogens (tertiary/aromatic N) is 2. The smallest absolute Gasteiger partial charge is 0.328 e. The van der Waals surface area contributed by atoms with E-state index in [2.05, 4.69) is 10.4 Å². The molecule has 0 bridgehead atoms. The first-order valence-corrected chi connectivity index (χ1v) is 8.66. The summed E-state index contributed by atoms with van der Waals surface area (Å²) in [6, 6.07) is 18.4. The lowest BCUT2D eigenvalue weighted by Gasteiger charge is -2.16. The van der Waals surface area contributed by atoms with Crippen LogP contribution >= 0.6 is 0 Å². The third-order valence-corrected chi connectivity index (χ3v) is 4.13. The fourth-order valence-corrected chi connectivity index (χ4v) is 2.79. The number of nitrogens with one attached hydrogen (secondary N) is 1. The van der Waals surface area contributed by atoms with Crippen LogP contribution in [0.1, 0.15) is 11.1 Å².